The number of thiocarbonyl (C=S) groups is 1. The number of hydrogen-bond donors (Lipinski definition) is 1. The number of allylic oxidation sites excluding steroid dienone is 1. The molecule has 0 unspecified atom stereocenters. The predicted molar refractivity (Wildman–Crippen MR) is 96.4 cm³/mol. The number of esters is 1. The van der Waals surface area contributed by atoms with Gasteiger partial charge in [0.1, 0.15) is 5.82 Å². The van der Waals surface area contributed by atoms with Crippen LogP contribution in [0.2, 0.25) is 0 Å². The highest BCUT2D eigenvalue weighted by Crippen LogP contribution is 2.34. The summed E-state index contributed by atoms with van der Waals surface area (Å²) in [7, 11) is 1.35. The molecule has 24 heavy (non-hydrogen) atoms. The van der Waals surface area contributed by atoms with E-state index >= 15 is 0 Å². The Balaban J connectivity index is 2.12. The number of anilines is 1. The predicted octanol–water partition coefficient (Wildman–Crippen LogP) is 3.77. The van der Waals surface area contributed by atoms with Crippen LogP contribution in [0.25, 0.3) is 0 Å². The lowest BCUT2D eigenvalue weighted by atomic mass is 9.97. The highest BCUT2D eigenvalue weighted by molar-refractivity contribution is 7.80. The van der Waals surface area contributed by atoms with E-state index in [0.29, 0.717) is 22.1 Å². The van der Waals surface area contributed by atoms with E-state index in [1.54, 1.807) is 28.4 Å². The summed E-state index contributed by atoms with van der Waals surface area (Å²) in [5.74, 6) is -0.758. The van der Waals surface area contributed by atoms with Gasteiger partial charge in [-0.2, -0.15) is 11.3 Å². The normalized spacial score (nSPS) is 17.7. The maximum Gasteiger partial charge on any atom is 0.337 e. The monoisotopic (exact) mass is 362 g/mol. The maximum atomic E-state index is 13.2. The fourth-order valence-electron chi connectivity index (χ4n) is 2.71. The molecule has 124 valence electrons. The number of carbonyl (C=O) groups excluding carboxylic acids is 1. The molecular formula is C17H15FN2O2S2. The van der Waals surface area contributed by atoms with Crippen LogP contribution in [0, 0.1) is 5.82 Å². The van der Waals surface area contributed by atoms with E-state index in [2.05, 4.69) is 5.32 Å². The van der Waals surface area contributed by atoms with Gasteiger partial charge in [0.15, 0.2) is 5.11 Å². The first-order chi connectivity index (χ1) is 11.5. The largest absolute Gasteiger partial charge is 0.466 e. The molecule has 1 aliphatic heterocycles. The van der Waals surface area contributed by atoms with Crippen LogP contribution in [0.4, 0.5) is 10.1 Å². The van der Waals surface area contributed by atoms with E-state index in [9.17, 15) is 9.18 Å². The molecule has 1 N–H and O–H groups in total. The first kappa shape index (κ1) is 16.6. The molecule has 0 saturated heterocycles. The van der Waals surface area contributed by atoms with Crippen LogP contribution in [0.1, 0.15) is 18.5 Å². The molecule has 0 saturated carbocycles. The molecule has 0 fully saturated rings. The highest BCUT2D eigenvalue weighted by atomic mass is 32.1. The molecule has 2 heterocycles. The third kappa shape index (κ3) is 2.92. The number of halogens is 1. The second kappa shape index (κ2) is 6.70. The summed E-state index contributed by atoms with van der Waals surface area (Å²) in [4.78, 5) is 14.1. The van der Waals surface area contributed by atoms with Crippen LogP contribution in [0.5, 0.6) is 0 Å². The van der Waals surface area contributed by atoms with E-state index in [1.165, 1.54) is 19.2 Å². The smallest absolute Gasteiger partial charge is 0.337 e. The Morgan fingerprint density at radius 1 is 1.33 bits per heavy atom. The summed E-state index contributed by atoms with van der Waals surface area (Å²) in [5, 5.41) is 7.54. The van der Waals surface area contributed by atoms with Gasteiger partial charge in [-0.1, -0.05) is 0 Å². The van der Waals surface area contributed by atoms with Crippen LogP contribution in [-0.2, 0) is 9.53 Å². The van der Waals surface area contributed by atoms with E-state index < -0.39 is 5.97 Å². The third-order valence-corrected chi connectivity index (χ3v) is 4.85. The van der Waals surface area contributed by atoms with Crippen molar-refractivity contribution in [3.63, 3.8) is 0 Å². The average Bonchev–Trinajstić information content (AvgIpc) is 3.10. The van der Waals surface area contributed by atoms with Crippen LogP contribution >= 0.6 is 23.6 Å². The van der Waals surface area contributed by atoms with Gasteiger partial charge in [0.2, 0.25) is 0 Å². The van der Waals surface area contributed by atoms with E-state index in [0.717, 1.165) is 5.56 Å². The minimum absolute atomic E-state index is 0.333. The number of thiophene rings is 1. The number of benzene rings is 1. The van der Waals surface area contributed by atoms with Gasteiger partial charge in [-0.25, -0.2) is 9.18 Å². The Hall–Kier alpha value is -2.25. The minimum atomic E-state index is -0.425. The number of carbonyl (C=O) groups is 1. The highest BCUT2D eigenvalue weighted by Gasteiger charge is 2.35. The summed E-state index contributed by atoms with van der Waals surface area (Å²) >= 11 is 7.03. The van der Waals surface area contributed by atoms with Crippen LogP contribution in [0.15, 0.2) is 52.4 Å². The molecule has 2 aromatic rings. The number of ether oxygens (including phenoxy) is 1. The van der Waals surface area contributed by atoms with E-state index in [4.69, 9.17) is 17.0 Å². The number of rotatable bonds is 3. The Labute approximate surface area is 148 Å². The van der Waals surface area contributed by atoms with Gasteiger partial charge in [-0.3, -0.25) is 4.90 Å². The van der Waals surface area contributed by atoms with Gasteiger partial charge in [0.05, 0.1) is 18.7 Å². The molecule has 0 amide bonds. The maximum absolute atomic E-state index is 13.2. The fourth-order valence-corrected chi connectivity index (χ4v) is 3.75. The van der Waals surface area contributed by atoms with Crippen molar-refractivity contribution >= 4 is 40.3 Å². The fraction of sp³-hybridized carbons (Fsp3) is 0.176. The molecule has 1 atom stereocenters. The molecule has 0 spiro atoms. The summed E-state index contributed by atoms with van der Waals surface area (Å²) in [5.41, 5.74) is 2.76. The Morgan fingerprint density at radius 3 is 2.62 bits per heavy atom. The molecule has 3 rings (SSSR count). The first-order valence-electron chi connectivity index (χ1n) is 7.20. The second-order valence-corrected chi connectivity index (χ2v) is 6.41. The SMILES string of the molecule is COC(=O)C1=C(C)N(c2ccc(F)cc2)C(=S)N[C@H]1c1ccsc1. The zero-order valence-corrected chi connectivity index (χ0v) is 14.7. The molecular weight excluding hydrogens is 347 g/mol. The van der Waals surface area contributed by atoms with Gasteiger partial charge in [0, 0.05) is 11.4 Å². The molecule has 0 bridgehead atoms. The minimum Gasteiger partial charge on any atom is -0.466 e. The van der Waals surface area contributed by atoms with Crippen molar-refractivity contribution < 1.29 is 13.9 Å². The van der Waals surface area contributed by atoms with Crippen LogP contribution < -0.4 is 10.2 Å². The van der Waals surface area contributed by atoms with Crippen molar-refractivity contribution in [1.29, 1.82) is 0 Å². The Bertz CT molecular complexity index is 801. The standard InChI is InChI=1S/C17H15FN2O2S2/c1-10-14(16(21)22-2)15(11-7-8-24-9-11)19-17(23)20(10)13-5-3-12(18)4-6-13/h3-9,15H,1-2H3,(H,19,23)/t15-/m0/s1. The summed E-state index contributed by atoms with van der Waals surface area (Å²) in [6.45, 7) is 1.81. The first-order valence-corrected chi connectivity index (χ1v) is 8.55. The third-order valence-electron chi connectivity index (χ3n) is 3.85. The number of nitrogens with one attached hydrogen (secondary N) is 1. The number of nitrogens with zero attached hydrogens (tertiary/aromatic N) is 1. The molecule has 4 nitrogen and oxygen atoms in total. The number of hydrogen-bond acceptors (Lipinski definition) is 4. The van der Waals surface area contributed by atoms with Crippen molar-refractivity contribution in [2.45, 2.75) is 13.0 Å². The van der Waals surface area contributed by atoms with Crippen molar-refractivity contribution in [1.82, 2.24) is 5.32 Å². The topological polar surface area (TPSA) is 41.6 Å². The van der Waals surface area contributed by atoms with Crippen molar-refractivity contribution in [3.05, 3.63) is 63.7 Å². The second-order valence-electron chi connectivity index (χ2n) is 5.24. The van der Waals surface area contributed by atoms with Gasteiger partial charge in [0.25, 0.3) is 0 Å². The van der Waals surface area contributed by atoms with Crippen molar-refractivity contribution in [2.24, 2.45) is 0 Å². The van der Waals surface area contributed by atoms with Gasteiger partial charge in [-0.05, 0) is 65.8 Å². The van der Waals surface area contributed by atoms with Crippen molar-refractivity contribution in [2.75, 3.05) is 12.0 Å². The van der Waals surface area contributed by atoms with Gasteiger partial charge >= 0.3 is 5.97 Å². The van der Waals surface area contributed by atoms with Gasteiger partial charge < -0.3 is 10.1 Å². The van der Waals surface area contributed by atoms with Crippen LogP contribution in [0.3, 0.4) is 0 Å². The molecule has 1 aromatic heterocycles. The molecule has 1 aliphatic rings. The lowest BCUT2D eigenvalue weighted by molar-refractivity contribution is -0.136. The zero-order chi connectivity index (χ0) is 17.3. The Morgan fingerprint density at radius 2 is 2.04 bits per heavy atom. The average molecular weight is 362 g/mol. The van der Waals surface area contributed by atoms with E-state index in [1.807, 2.05) is 23.8 Å². The Kier molecular flexibility index (Phi) is 4.64. The lowest BCUT2D eigenvalue weighted by Crippen LogP contribution is -2.48. The molecule has 1 aromatic carbocycles. The van der Waals surface area contributed by atoms with Gasteiger partial charge in [-0.15, -0.1) is 0 Å². The van der Waals surface area contributed by atoms with Crippen LogP contribution in [-0.4, -0.2) is 18.2 Å². The summed E-state index contributed by atoms with van der Waals surface area (Å²) in [6.07, 6.45) is 0. The molecule has 0 aliphatic carbocycles. The summed E-state index contributed by atoms with van der Waals surface area (Å²) < 4.78 is 18.2. The number of methoxy groups -OCH3 is 1. The van der Waals surface area contributed by atoms with Crippen molar-refractivity contribution in [3.8, 4) is 0 Å². The molecule has 0 radical (unpaired) electrons. The van der Waals surface area contributed by atoms with E-state index in [-0.39, 0.29) is 11.9 Å². The molecule has 7 heteroatoms. The lowest BCUT2D eigenvalue weighted by Gasteiger charge is -2.37. The zero-order valence-electron chi connectivity index (χ0n) is 13.1. The quantitative estimate of drug-likeness (QED) is 0.665. The summed E-state index contributed by atoms with van der Waals surface area (Å²) in [6, 6.07) is 7.52.